The van der Waals surface area contributed by atoms with Gasteiger partial charge in [0.1, 0.15) is 5.82 Å². The summed E-state index contributed by atoms with van der Waals surface area (Å²) >= 11 is 6.97. The SMILES string of the molecule is O=C(CSc1nnnn1Cc1ccccc1)Nc1cc(Cl)ccc1F. The van der Waals surface area contributed by atoms with E-state index in [0.717, 1.165) is 5.56 Å². The number of rotatable bonds is 6. The molecule has 0 aliphatic heterocycles. The van der Waals surface area contributed by atoms with Gasteiger partial charge in [-0.05, 0) is 34.2 Å². The minimum atomic E-state index is -0.545. The van der Waals surface area contributed by atoms with Gasteiger partial charge in [0.2, 0.25) is 11.1 Å². The zero-order valence-electron chi connectivity index (χ0n) is 12.9. The van der Waals surface area contributed by atoms with Crippen LogP contribution in [-0.2, 0) is 11.3 Å². The van der Waals surface area contributed by atoms with Gasteiger partial charge in [-0.25, -0.2) is 9.07 Å². The summed E-state index contributed by atoms with van der Waals surface area (Å²) in [7, 11) is 0. The molecule has 3 rings (SSSR count). The Morgan fingerprint density at radius 1 is 1.24 bits per heavy atom. The summed E-state index contributed by atoms with van der Waals surface area (Å²) in [5, 5.41) is 14.8. The molecule has 1 aromatic heterocycles. The van der Waals surface area contributed by atoms with Gasteiger partial charge in [-0.2, -0.15) is 0 Å². The van der Waals surface area contributed by atoms with Crippen molar-refractivity contribution in [3.8, 4) is 0 Å². The minimum Gasteiger partial charge on any atom is -0.323 e. The van der Waals surface area contributed by atoms with Crippen LogP contribution in [-0.4, -0.2) is 31.9 Å². The van der Waals surface area contributed by atoms with Crippen LogP contribution < -0.4 is 5.32 Å². The number of aromatic nitrogens is 4. The highest BCUT2D eigenvalue weighted by Crippen LogP contribution is 2.21. The summed E-state index contributed by atoms with van der Waals surface area (Å²) in [5.74, 6) is -0.877. The number of carbonyl (C=O) groups excluding carboxylic acids is 1. The first-order chi connectivity index (χ1) is 12.1. The molecular weight excluding hydrogens is 365 g/mol. The Hall–Kier alpha value is -2.45. The molecule has 6 nitrogen and oxygen atoms in total. The summed E-state index contributed by atoms with van der Waals surface area (Å²) in [6.07, 6.45) is 0. The van der Waals surface area contributed by atoms with E-state index in [1.54, 1.807) is 4.68 Å². The lowest BCUT2D eigenvalue weighted by atomic mass is 10.2. The zero-order valence-corrected chi connectivity index (χ0v) is 14.5. The van der Waals surface area contributed by atoms with E-state index in [2.05, 4.69) is 20.8 Å². The molecule has 1 heterocycles. The summed E-state index contributed by atoms with van der Waals surface area (Å²) in [4.78, 5) is 12.0. The highest BCUT2D eigenvalue weighted by atomic mass is 35.5. The highest BCUT2D eigenvalue weighted by molar-refractivity contribution is 7.99. The molecule has 128 valence electrons. The number of halogens is 2. The molecule has 2 aromatic carbocycles. The first kappa shape index (κ1) is 17.4. The monoisotopic (exact) mass is 377 g/mol. The van der Waals surface area contributed by atoms with Gasteiger partial charge in [0, 0.05) is 5.02 Å². The second kappa shape index (κ2) is 8.09. The van der Waals surface area contributed by atoms with Crippen LogP contribution in [0, 0.1) is 5.82 Å². The molecule has 25 heavy (non-hydrogen) atoms. The van der Waals surface area contributed by atoms with Crippen LogP contribution in [0.3, 0.4) is 0 Å². The number of anilines is 1. The third-order valence-electron chi connectivity index (χ3n) is 3.21. The van der Waals surface area contributed by atoms with E-state index >= 15 is 0 Å². The summed E-state index contributed by atoms with van der Waals surface area (Å²) < 4.78 is 15.2. The number of benzene rings is 2. The molecule has 0 aliphatic rings. The largest absolute Gasteiger partial charge is 0.323 e. The molecule has 0 unspecified atom stereocenters. The number of hydrogen-bond donors (Lipinski definition) is 1. The number of thioether (sulfide) groups is 1. The fraction of sp³-hybridized carbons (Fsp3) is 0.125. The summed E-state index contributed by atoms with van der Waals surface area (Å²) in [5.41, 5.74) is 1.09. The van der Waals surface area contributed by atoms with Crippen LogP contribution in [0.25, 0.3) is 0 Å². The number of tetrazole rings is 1. The fourth-order valence-corrected chi connectivity index (χ4v) is 2.91. The van der Waals surface area contributed by atoms with Gasteiger partial charge in [-0.15, -0.1) is 5.10 Å². The Balaban J connectivity index is 1.59. The lowest BCUT2D eigenvalue weighted by Gasteiger charge is -2.07. The molecule has 0 saturated heterocycles. The van der Waals surface area contributed by atoms with Crippen molar-refractivity contribution in [2.75, 3.05) is 11.1 Å². The standard InChI is InChI=1S/C16H13ClFN5OS/c17-12-6-7-13(18)14(8-12)19-15(24)10-25-16-20-21-22-23(16)9-11-4-2-1-3-5-11/h1-8H,9-10H2,(H,19,24). The fourth-order valence-electron chi connectivity index (χ4n) is 2.07. The van der Waals surface area contributed by atoms with E-state index in [1.165, 1.54) is 30.0 Å². The molecule has 0 bridgehead atoms. The Labute approximate surface area is 152 Å². The lowest BCUT2D eigenvalue weighted by Crippen LogP contribution is -2.15. The lowest BCUT2D eigenvalue weighted by molar-refractivity contribution is -0.113. The molecule has 0 spiro atoms. The van der Waals surface area contributed by atoms with Crippen LogP contribution >= 0.6 is 23.4 Å². The van der Waals surface area contributed by atoms with E-state index in [4.69, 9.17) is 11.6 Å². The average molecular weight is 378 g/mol. The van der Waals surface area contributed by atoms with Crippen molar-refractivity contribution < 1.29 is 9.18 Å². The van der Waals surface area contributed by atoms with Crippen molar-refractivity contribution in [1.82, 2.24) is 20.2 Å². The van der Waals surface area contributed by atoms with Gasteiger partial charge in [-0.3, -0.25) is 4.79 Å². The predicted molar refractivity (Wildman–Crippen MR) is 94.1 cm³/mol. The maximum atomic E-state index is 13.6. The number of nitrogens with zero attached hydrogens (tertiary/aromatic N) is 4. The van der Waals surface area contributed by atoms with E-state index in [0.29, 0.717) is 16.7 Å². The van der Waals surface area contributed by atoms with Crippen LogP contribution in [0.4, 0.5) is 10.1 Å². The van der Waals surface area contributed by atoms with E-state index in [9.17, 15) is 9.18 Å². The highest BCUT2D eigenvalue weighted by Gasteiger charge is 2.12. The molecule has 9 heteroatoms. The van der Waals surface area contributed by atoms with Crippen LogP contribution in [0.15, 0.2) is 53.7 Å². The molecule has 0 aliphatic carbocycles. The van der Waals surface area contributed by atoms with Crippen LogP contribution in [0.2, 0.25) is 5.02 Å². The molecule has 0 atom stereocenters. The summed E-state index contributed by atoms with van der Waals surface area (Å²) in [6.45, 7) is 0.501. The Kier molecular flexibility index (Phi) is 5.62. The van der Waals surface area contributed by atoms with Gasteiger partial charge in [0.05, 0.1) is 18.0 Å². The molecule has 0 saturated carbocycles. The number of carbonyl (C=O) groups is 1. The summed E-state index contributed by atoms with van der Waals surface area (Å²) in [6, 6.07) is 13.7. The van der Waals surface area contributed by atoms with E-state index in [1.807, 2.05) is 30.3 Å². The van der Waals surface area contributed by atoms with Gasteiger partial charge in [0.15, 0.2) is 0 Å². The van der Waals surface area contributed by atoms with E-state index < -0.39 is 5.82 Å². The molecule has 0 radical (unpaired) electrons. The predicted octanol–water partition coefficient (Wildman–Crippen LogP) is 3.24. The topological polar surface area (TPSA) is 72.7 Å². The first-order valence-corrected chi connectivity index (χ1v) is 8.66. The van der Waals surface area contributed by atoms with Crippen molar-refractivity contribution in [3.63, 3.8) is 0 Å². The second-order valence-electron chi connectivity index (χ2n) is 5.07. The number of hydrogen-bond acceptors (Lipinski definition) is 5. The number of amides is 1. The number of nitrogens with one attached hydrogen (secondary N) is 1. The van der Waals surface area contributed by atoms with E-state index in [-0.39, 0.29) is 17.3 Å². The second-order valence-corrected chi connectivity index (χ2v) is 6.44. The first-order valence-electron chi connectivity index (χ1n) is 7.29. The van der Waals surface area contributed by atoms with Gasteiger partial charge in [0.25, 0.3) is 0 Å². The van der Waals surface area contributed by atoms with Gasteiger partial charge >= 0.3 is 0 Å². The smallest absolute Gasteiger partial charge is 0.234 e. The minimum absolute atomic E-state index is 0.0428. The normalized spacial score (nSPS) is 10.6. The maximum absolute atomic E-state index is 13.6. The average Bonchev–Trinajstić information content (AvgIpc) is 3.04. The van der Waals surface area contributed by atoms with Crippen molar-refractivity contribution in [3.05, 3.63) is 64.9 Å². The Bertz CT molecular complexity index is 874. The van der Waals surface area contributed by atoms with Crippen LogP contribution in [0.5, 0.6) is 0 Å². The maximum Gasteiger partial charge on any atom is 0.234 e. The molecule has 0 fully saturated rings. The third kappa shape index (κ3) is 4.77. The van der Waals surface area contributed by atoms with Crippen LogP contribution in [0.1, 0.15) is 5.56 Å². The van der Waals surface area contributed by atoms with Crippen molar-refractivity contribution in [1.29, 1.82) is 0 Å². The molecule has 1 N–H and O–H groups in total. The van der Waals surface area contributed by atoms with Crippen molar-refractivity contribution in [2.45, 2.75) is 11.7 Å². The van der Waals surface area contributed by atoms with Gasteiger partial charge in [-0.1, -0.05) is 53.7 Å². The Morgan fingerprint density at radius 3 is 2.84 bits per heavy atom. The third-order valence-corrected chi connectivity index (χ3v) is 4.40. The Morgan fingerprint density at radius 2 is 2.04 bits per heavy atom. The quantitative estimate of drug-likeness (QED) is 0.667. The van der Waals surface area contributed by atoms with Gasteiger partial charge < -0.3 is 5.32 Å². The molecule has 3 aromatic rings. The van der Waals surface area contributed by atoms with Crippen molar-refractivity contribution >= 4 is 35.0 Å². The van der Waals surface area contributed by atoms with Crippen molar-refractivity contribution in [2.24, 2.45) is 0 Å². The molecular formula is C16H13ClFN5OS. The molecule has 1 amide bonds. The zero-order chi connectivity index (χ0) is 17.6.